The average molecular weight is 233 g/mol. The Morgan fingerprint density at radius 1 is 1.67 bits per heavy atom. The molecule has 3 N–H and O–H groups in total. The van der Waals surface area contributed by atoms with Crippen LogP contribution >= 0.6 is 0 Å². The summed E-state index contributed by atoms with van der Waals surface area (Å²) < 4.78 is 22.7. The summed E-state index contributed by atoms with van der Waals surface area (Å²) in [5.74, 6) is 0.595. The van der Waals surface area contributed by atoms with E-state index < -0.39 is 9.84 Å². The number of sulfone groups is 1. The molecule has 1 aliphatic heterocycles. The maximum absolute atomic E-state index is 11.4. The Hall–Kier alpha value is -0.620. The highest BCUT2D eigenvalue weighted by atomic mass is 32.2. The second kappa shape index (κ2) is 4.49. The van der Waals surface area contributed by atoms with Gasteiger partial charge in [-0.3, -0.25) is 10.3 Å². The fraction of sp³-hybridized carbons (Fsp3) is 0.889. The molecule has 1 aliphatic rings. The van der Waals surface area contributed by atoms with Crippen molar-refractivity contribution in [2.75, 3.05) is 18.1 Å². The van der Waals surface area contributed by atoms with Gasteiger partial charge in [-0.15, -0.1) is 0 Å². The van der Waals surface area contributed by atoms with Crippen molar-refractivity contribution in [2.45, 2.75) is 32.4 Å². The zero-order chi connectivity index (χ0) is 11.6. The van der Waals surface area contributed by atoms with Crippen molar-refractivity contribution in [2.24, 2.45) is 5.73 Å². The summed E-state index contributed by atoms with van der Waals surface area (Å²) in [5, 5.41) is 7.22. The van der Waals surface area contributed by atoms with Crippen molar-refractivity contribution in [3.05, 3.63) is 0 Å². The third-order valence-corrected chi connectivity index (χ3v) is 4.60. The third-order valence-electron chi connectivity index (χ3n) is 2.80. The molecule has 0 aliphatic carbocycles. The summed E-state index contributed by atoms with van der Waals surface area (Å²) in [4.78, 5) is 2.11. The molecule has 2 atom stereocenters. The van der Waals surface area contributed by atoms with Crippen molar-refractivity contribution in [3.8, 4) is 0 Å². The van der Waals surface area contributed by atoms with Crippen molar-refractivity contribution >= 4 is 15.7 Å². The van der Waals surface area contributed by atoms with Crippen molar-refractivity contribution in [1.82, 2.24) is 4.90 Å². The maximum Gasteiger partial charge on any atom is 0.153 e. The van der Waals surface area contributed by atoms with Crippen molar-refractivity contribution < 1.29 is 8.42 Å². The number of hydrogen-bond donors (Lipinski definition) is 2. The maximum atomic E-state index is 11.4. The predicted octanol–water partition coefficient (Wildman–Crippen LogP) is -0.180. The second-order valence-electron chi connectivity index (χ2n) is 4.28. The first-order valence-corrected chi connectivity index (χ1v) is 6.93. The van der Waals surface area contributed by atoms with E-state index in [0.29, 0.717) is 13.0 Å². The quantitative estimate of drug-likeness (QED) is 0.523. The summed E-state index contributed by atoms with van der Waals surface area (Å²) in [6, 6.07) is 0.172. The normalized spacial score (nSPS) is 28.5. The molecular formula is C9H19N3O2S. The van der Waals surface area contributed by atoms with E-state index in [1.54, 1.807) is 0 Å². The minimum absolute atomic E-state index is 0.0260. The van der Waals surface area contributed by atoms with Gasteiger partial charge in [0.2, 0.25) is 0 Å². The number of hydrogen-bond acceptors (Lipinski definition) is 4. The van der Waals surface area contributed by atoms with Crippen LogP contribution in [0.2, 0.25) is 0 Å². The summed E-state index contributed by atoms with van der Waals surface area (Å²) in [7, 11) is -2.85. The largest absolute Gasteiger partial charge is 0.388 e. The smallest absolute Gasteiger partial charge is 0.153 e. The molecule has 0 spiro atoms. The monoisotopic (exact) mass is 233 g/mol. The molecular weight excluding hydrogens is 214 g/mol. The molecule has 88 valence electrons. The Kier molecular flexibility index (Phi) is 3.72. The Balaban J connectivity index is 2.61. The standard InChI is InChI=1S/C9H19N3O2S/c1-7(5-9(10)11)12-3-4-15(13,14)6-8(12)2/h7-8H,3-6H2,1-2H3,(H3,10,11). The van der Waals surface area contributed by atoms with Crippen LogP contribution in [-0.2, 0) is 9.84 Å². The predicted molar refractivity (Wildman–Crippen MR) is 60.8 cm³/mol. The highest BCUT2D eigenvalue weighted by molar-refractivity contribution is 7.91. The summed E-state index contributed by atoms with van der Waals surface area (Å²) in [6.45, 7) is 4.45. The molecule has 0 aromatic rings. The van der Waals surface area contributed by atoms with E-state index in [1.807, 2.05) is 13.8 Å². The first-order chi connectivity index (χ1) is 6.82. The second-order valence-corrected chi connectivity index (χ2v) is 6.51. The molecule has 1 saturated heterocycles. The lowest BCUT2D eigenvalue weighted by atomic mass is 10.1. The third kappa shape index (κ3) is 3.46. The van der Waals surface area contributed by atoms with Crippen LogP contribution in [-0.4, -0.2) is 49.3 Å². The van der Waals surface area contributed by atoms with Crippen LogP contribution in [0.3, 0.4) is 0 Å². The van der Waals surface area contributed by atoms with E-state index >= 15 is 0 Å². The van der Waals surface area contributed by atoms with E-state index in [-0.39, 0.29) is 29.4 Å². The van der Waals surface area contributed by atoms with Gasteiger partial charge in [0.1, 0.15) is 0 Å². The SMILES string of the molecule is CC(CC(=N)N)N1CCS(=O)(=O)CC1C. The number of nitrogens with one attached hydrogen (secondary N) is 1. The Bertz CT molecular complexity index is 339. The van der Waals surface area contributed by atoms with Crippen LogP contribution in [0.5, 0.6) is 0 Å². The van der Waals surface area contributed by atoms with Gasteiger partial charge in [0.25, 0.3) is 0 Å². The van der Waals surface area contributed by atoms with E-state index in [2.05, 4.69) is 4.90 Å². The van der Waals surface area contributed by atoms with E-state index in [9.17, 15) is 8.42 Å². The first-order valence-electron chi connectivity index (χ1n) is 5.11. The van der Waals surface area contributed by atoms with Gasteiger partial charge < -0.3 is 5.73 Å². The molecule has 2 unspecified atom stereocenters. The molecule has 5 nitrogen and oxygen atoms in total. The lowest BCUT2D eigenvalue weighted by molar-refractivity contribution is 0.172. The van der Waals surface area contributed by atoms with Gasteiger partial charge in [-0.1, -0.05) is 0 Å². The molecule has 15 heavy (non-hydrogen) atoms. The molecule has 0 bridgehead atoms. The van der Waals surface area contributed by atoms with Gasteiger partial charge in [0.05, 0.1) is 17.3 Å². The number of rotatable bonds is 3. The van der Waals surface area contributed by atoms with Crippen LogP contribution in [0.15, 0.2) is 0 Å². The van der Waals surface area contributed by atoms with E-state index in [4.69, 9.17) is 11.1 Å². The first kappa shape index (κ1) is 12.4. The van der Waals surface area contributed by atoms with Crippen molar-refractivity contribution in [1.29, 1.82) is 5.41 Å². The van der Waals surface area contributed by atoms with Crippen LogP contribution in [0.25, 0.3) is 0 Å². The lowest BCUT2D eigenvalue weighted by Gasteiger charge is -2.37. The van der Waals surface area contributed by atoms with Crippen LogP contribution in [0, 0.1) is 5.41 Å². The summed E-state index contributed by atoms with van der Waals surface area (Å²) in [6.07, 6.45) is 0.504. The zero-order valence-corrected chi connectivity index (χ0v) is 10.0. The van der Waals surface area contributed by atoms with E-state index in [0.717, 1.165) is 0 Å². The van der Waals surface area contributed by atoms with Gasteiger partial charge in [0, 0.05) is 25.0 Å². The fourth-order valence-electron chi connectivity index (χ4n) is 2.10. The zero-order valence-electron chi connectivity index (χ0n) is 9.23. The molecule has 0 saturated carbocycles. The molecule has 0 aromatic heterocycles. The molecule has 0 aromatic carbocycles. The van der Waals surface area contributed by atoms with Crippen LogP contribution in [0.1, 0.15) is 20.3 Å². The van der Waals surface area contributed by atoms with Crippen LogP contribution in [0.4, 0.5) is 0 Å². The summed E-state index contributed by atoms with van der Waals surface area (Å²) >= 11 is 0. The average Bonchev–Trinajstić information content (AvgIpc) is 1.99. The molecule has 1 rings (SSSR count). The van der Waals surface area contributed by atoms with Crippen LogP contribution < -0.4 is 5.73 Å². The van der Waals surface area contributed by atoms with Crippen molar-refractivity contribution in [3.63, 3.8) is 0 Å². The molecule has 1 fully saturated rings. The Labute approximate surface area is 91.1 Å². The van der Waals surface area contributed by atoms with Gasteiger partial charge >= 0.3 is 0 Å². The number of nitrogens with zero attached hydrogens (tertiary/aromatic N) is 1. The minimum atomic E-state index is -2.85. The topological polar surface area (TPSA) is 87.2 Å². The lowest BCUT2D eigenvalue weighted by Crippen LogP contribution is -2.51. The molecule has 6 heteroatoms. The van der Waals surface area contributed by atoms with Gasteiger partial charge in [0.15, 0.2) is 9.84 Å². The number of amidine groups is 1. The van der Waals surface area contributed by atoms with Gasteiger partial charge in [-0.2, -0.15) is 0 Å². The summed E-state index contributed by atoms with van der Waals surface area (Å²) in [5.41, 5.74) is 5.34. The number of nitrogens with two attached hydrogens (primary N) is 1. The van der Waals surface area contributed by atoms with Gasteiger partial charge in [-0.05, 0) is 13.8 Å². The Morgan fingerprint density at radius 3 is 2.73 bits per heavy atom. The fourth-order valence-corrected chi connectivity index (χ4v) is 3.68. The Morgan fingerprint density at radius 2 is 2.27 bits per heavy atom. The highest BCUT2D eigenvalue weighted by Gasteiger charge is 2.30. The molecule has 1 heterocycles. The molecule has 0 amide bonds. The molecule has 0 radical (unpaired) electrons. The minimum Gasteiger partial charge on any atom is -0.388 e. The van der Waals surface area contributed by atoms with Gasteiger partial charge in [-0.25, -0.2) is 8.42 Å². The van der Waals surface area contributed by atoms with E-state index in [1.165, 1.54) is 0 Å². The highest BCUT2D eigenvalue weighted by Crippen LogP contribution is 2.16.